The second-order valence-electron chi connectivity index (χ2n) is 11.3. The number of pyridine rings is 1. The van der Waals surface area contributed by atoms with Crippen molar-refractivity contribution < 1.29 is 9.30 Å². The third-order valence-corrected chi connectivity index (χ3v) is 8.41. The average Bonchev–Trinajstić information content (AvgIpc) is 2.77. The molecule has 2 heterocycles. The van der Waals surface area contributed by atoms with Crippen LogP contribution in [0.25, 0.3) is 32.9 Å². The number of nitrogens with zero attached hydrogens (tertiary/aromatic N) is 1. The van der Waals surface area contributed by atoms with Gasteiger partial charge in [0.1, 0.15) is 12.8 Å². The molecule has 168 valence electrons. The summed E-state index contributed by atoms with van der Waals surface area (Å²) in [6.07, 6.45) is 4.99. The summed E-state index contributed by atoms with van der Waals surface area (Å²) in [5, 5.41) is 3.89. The number of benzene rings is 3. The predicted octanol–water partition coefficient (Wildman–Crippen LogP) is 8.20. The highest BCUT2D eigenvalue weighted by Crippen LogP contribution is 2.54. The summed E-state index contributed by atoms with van der Waals surface area (Å²) in [6, 6.07) is 15.8. The Bertz CT molecular complexity index is 1450. The van der Waals surface area contributed by atoms with E-state index in [0.29, 0.717) is 11.3 Å². The van der Waals surface area contributed by atoms with Gasteiger partial charge >= 0.3 is 0 Å². The third kappa shape index (κ3) is 3.03. The van der Waals surface area contributed by atoms with Gasteiger partial charge in [-0.3, -0.25) is 0 Å². The van der Waals surface area contributed by atoms with E-state index in [4.69, 9.17) is 4.74 Å². The number of fused-ring (bicyclic) bond motifs is 3. The van der Waals surface area contributed by atoms with E-state index in [1.165, 1.54) is 80.9 Å². The Morgan fingerprint density at radius 2 is 1.70 bits per heavy atom. The van der Waals surface area contributed by atoms with Gasteiger partial charge in [-0.05, 0) is 92.0 Å². The van der Waals surface area contributed by atoms with Crippen molar-refractivity contribution in [2.45, 2.75) is 66.2 Å². The highest BCUT2D eigenvalue weighted by Gasteiger charge is 2.38. The van der Waals surface area contributed by atoms with E-state index in [1.54, 1.807) is 0 Å². The minimum atomic E-state index is 0.440. The molecule has 0 atom stereocenters. The lowest BCUT2D eigenvalue weighted by Gasteiger charge is -2.36. The van der Waals surface area contributed by atoms with Crippen molar-refractivity contribution in [3.05, 3.63) is 64.7 Å². The Morgan fingerprint density at radius 1 is 0.970 bits per heavy atom. The van der Waals surface area contributed by atoms with Crippen molar-refractivity contribution in [1.29, 1.82) is 0 Å². The second kappa shape index (κ2) is 7.06. The molecule has 0 N–H and O–H groups in total. The maximum atomic E-state index is 6.93. The van der Waals surface area contributed by atoms with Gasteiger partial charge in [0.15, 0.2) is 0 Å². The van der Waals surface area contributed by atoms with Crippen LogP contribution >= 0.6 is 0 Å². The molecule has 2 heteroatoms. The molecule has 2 aliphatic rings. The van der Waals surface area contributed by atoms with E-state index in [2.05, 4.69) is 88.7 Å². The second-order valence-corrected chi connectivity index (χ2v) is 11.3. The van der Waals surface area contributed by atoms with Gasteiger partial charge in [-0.15, -0.1) is 0 Å². The first-order chi connectivity index (χ1) is 15.7. The van der Waals surface area contributed by atoms with Crippen LogP contribution in [-0.2, 0) is 7.05 Å². The van der Waals surface area contributed by atoms with E-state index in [1.807, 2.05) is 0 Å². The van der Waals surface area contributed by atoms with Crippen molar-refractivity contribution in [2.75, 3.05) is 0 Å². The standard InChI is InChI=1S/C31H34NO/c1-18-15-22-17-19(2)20(3)26-28(22)25(16-18)33-30-27(21-11-13-31(4,5)14-12-21)23-9-7-8-10-24(23)32(6)29(26)30/h7-10,15-17,21H,11-14H2,1-6H3/q+1. The van der Waals surface area contributed by atoms with E-state index in [0.717, 1.165) is 11.5 Å². The Kier molecular flexibility index (Phi) is 4.43. The lowest BCUT2D eigenvalue weighted by molar-refractivity contribution is -0.633. The molecule has 0 unspecified atom stereocenters. The minimum absolute atomic E-state index is 0.440. The average molecular weight is 437 g/mol. The monoisotopic (exact) mass is 436 g/mol. The lowest BCUT2D eigenvalue weighted by Crippen LogP contribution is -2.35. The zero-order chi connectivity index (χ0) is 23.1. The smallest absolute Gasteiger partial charge is 0.257 e. The van der Waals surface area contributed by atoms with Crippen LogP contribution in [0.5, 0.6) is 11.5 Å². The first-order valence-corrected chi connectivity index (χ1v) is 12.4. The molecule has 2 nitrogen and oxygen atoms in total. The van der Waals surface area contributed by atoms with Gasteiger partial charge in [0.2, 0.25) is 11.3 Å². The largest absolute Gasteiger partial charge is 0.449 e. The van der Waals surface area contributed by atoms with Crippen molar-refractivity contribution in [3.8, 4) is 22.8 Å². The van der Waals surface area contributed by atoms with E-state index in [9.17, 15) is 0 Å². The molecule has 4 aromatic rings. The molecule has 0 bridgehead atoms. The van der Waals surface area contributed by atoms with Crippen molar-refractivity contribution >= 4 is 21.7 Å². The summed E-state index contributed by atoms with van der Waals surface area (Å²) >= 11 is 0. The molecule has 1 aromatic heterocycles. The Hall–Kier alpha value is -2.87. The molecule has 1 aliphatic carbocycles. The topological polar surface area (TPSA) is 13.1 Å². The van der Waals surface area contributed by atoms with Gasteiger partial charge in [0.25, 0.3) is 5.69 Å². The summed E-state index contributed by atoms with van der Waals surface area (Å²) in [5.74, 6) is 2.64. The van der Waals surface area contributed by atoms with E-state index in [-0.39, 0.29) is 0 Å². The van der Waals surface area contributed by atoms with E-state index < -0.39 is 0 Å². The highest BCUT2D eigenvalue weighted by atomic mass is 16.5. The number of ether oxygens (including phenoxy) is 1. The molecule has 1 fully saturated rings. The number of aryl methyl sites for hydroxylation is 3. The molecule has 6 rings (SSSR count). The number of hydrogen-bond acceptors (Lipinski definition) is 1. The molecule has 0 radical (unpaired) electrons. The van der Waals surface area contributed by atoms with Gasteiger partial charge in [-0.1, -0.05) is 38.1 Å². The number of para-hydroxylation sites is 1. The molecule has 0 spiro atoms. The van der Waals surface area contributed by atoms with Gasteiger partial charge in [-0.2, -0.15) is 4.57 Å². The normalized spacial score (nSPS) is 17.3. The molecule has 0 saturated heterocycles. The van der Waals surface area contributed by atoms with Gasteiger partial charge in [-0.25, -0.2) is 0 Å². The van der Waals surface area contributed by atoms with Crippen LogP contribution in [0.4, 0.5) is 0 Å². The van der Waals surface area contributed by atoms with Crippen molar-refractivity contribution in [3.63, 3.8) is 0 Å². The SMILES string of the molecule is Cc1cc2c3c(c(C)c(C)cc3c1)-c1c(c(C3CCC(C)(C)CC3)c3ccccc3[n+]1C)O2. The minimum Gasteiger partial charge on any atom is -0.449 e. The lowest BCUT2D eigenvalue weighted by atomic mass is 9.70. The van der Waals surface area contributed by atoms with Crippen molar-refractivity contribution in [2.24, 2.45) is 12.5 Å². The Balaban J connectivity index is 1.73. The number of hydrogen-bond donors (Lipinski definition) is 0. The maximum Gasteiger partial charge on any atom is 0.257 e. The highest BCUT2D eigenvalue weighted by molar-refractivity contribution is 6.06. The van der Waals surface area contributed by atoms with Crippen LogP contribution in [0.2, 0.25) is 0 Å². The van der Waals surface area contributed by atoms with Gasteiger partial charge in [0, 0.05) is 17.0 Å². The Labute approximate surface area is 197 Å². The fourth-order valence-electron chi connectivity index (χ4n) is 6.37. The fraction of sp³-hybridized carbons (Fsp3) is 0.387. The molecule has 1 aliphatic heterocycles. The van der Waals surface area contributed by atoms with Gasteiger partial charge < -0.3 is 4.74 Å². The van der Waals surface area contributed by atoms with E-state index >= 15 is 0 Å². The van der Waals surface area contributed by atoms with Crippen LogP contribution < -0.4 is 9.30 Å². The summed E-state index contributed by atoms with van der Waals surface area (Å²) < 4.78 is 9.31. The van der Waals surface area contributed by atoms with Crippen LogP contribution in [0.15, 0.2) is 42.5 Å². The first-order valence-electron chi connectivity index (χ1n) is 12.4. The maximum absolute atomic E-state index is 6.93. The summed E-state index contributed by atoms with van der Waals surface area (Å²) in [6.45, 7) is 11.5. The summed E-state index contributed by atoms with van der Waals surface area (Å²) in [5.41, 5.74) is 9.72. The summed E-state index contributed by atoms with van der Waals surface area (Å²) in [7, 11) is 2.21. The molecule has 0 amide bonds. The van der Waals surface area contributed by atoms with Crippen LogP contribution in [0, 0.1) is 26.2 Å². The van der Waals surface area contributed by atoms with Crippen molar-refractivity contribution in [1.82, 2.24) is 0 Å². The van der Waals surface area contributed by atoms with Crippen LogP contribution in [-0.4, -0.2) is 0 Å². The van der Waals surface area contributed by atoms with Crippen LogP contribution in [0.3, 0.4) is 0 Å². The number of aromatic nitrogens is 1. The quantitative estimate of drug-likeness (QED) is 0.241. The third-order valence-electron chi connectivity index (χ3n) is 8.41. The zero-order valence-electron chi connectivity index (χ0n) is 20.8. The Morgan fingerprint density at radius 3 is 2.45 bits per heavy atom. The zero-order valence-corrected chi connectivity index (χ0v) is 20.8. The number of rotatable bonds is 1. The first kappa shape index (κ1) is 20.7. The molecule has 1 saturated carbocycles. The predicted molar refractivity (Wildman–Crippen MR) is 137 cm³/mol. The summed E-state index contributed by atoms with van der Waals surface area (Å²) in [4.78, 5) is 0. The molecule has 33 heavy (non-hydrogen) atoms. The van der Waals surface area contributed by atoms with Gasteiger partial charge in [0.05, 0.1) is 10.9 Å². The van der Waals surface area contributed by atoms with Crippen LogP contribution in [0.1, 0.15) is 67.7 Å². The fourth-order valence-corrected chi connectivity index (χ4v) is 6.37. The molecular weight excluding hydrogens is 402 g/mol. The molecular formula is C31H34NO+. The molecule has 3 aromatic carbocycles.